The van der Waals surface area contributed by atoms with Crippen LogP contribution in [-0.2, 0) is 23.9 Å². The molecular formula is C20H32N4O5S. The maximum Gasteiger partial charge on any atom is 0.305 e. The number of methoxy groups -OCH3 is 1. The number of thiazole rings is 1. The lowest BCUT2D eigenvalue weighted by molar-refractivity contribution is -0.141. The number of carbonyl (C=O) groups is 3. The molecular weight excluding hydrogens is 408 g/mol. The number of hydrogen-bond donors (Lipinski definition) is 1. The van der Waals surface area contributed by atoms with Crippen molar-refractivity contribution in [2.24, 2.45) is 0 Å². The summed E-state index contributed by atoms with van der Waals surface area (Å²) in [4.78, 5) is 45.7. The van der Waals surface area contributed by atoms with Gasteiger partial charge in [-0.15, -0.1) is 11.3 Å². The van der Waals surface area contributed by atoms with E-state index in [2.05, 4.69) is 19.9 Å². The standard InChI is InChI=1S/C20H32N4O5S/c1-15-16(2)30-20(21-15)22-17(25)14-24(18(26)6-4-7-19(27)28-3)9-5-8-23-10-12-29-13-11-23/h4-14H2,1-3H3,(H,21,22,25). The summed E-state index contributed by atoms with van der Waals surface area (Å²) < 4.78 is 9.97. The molecule has 10 heteroatoms. The second-order valence-corrected chi connectivity index (χ2v) is 8.46. The lowest BCUT2D eigenvalue weighted by atomic mass is 10.2. The molecule has 168 valence electrons. The second kappa shape index (κ2) is 12.6. The van der Waals surface area contributed by atoms with Crippen LogP contribution in [0, 0.1) is 13.8 Å². The third kappa shape index (κ3) is 8.37. The Morgan fingerprint density at radius 3 is 2.57 bits per heavy atom. The summed E-state index contributed by atoms with van der Waals surface area (Å²) in [7, 11) is 1.33. The van der Waals surface area contributed by atoms with Gasteiger partial charge in [0.1, 0.15) is 0 Å². The largest absolute Gasteiger partial charge is 0.469 e. The Hall–Kier alpha value is -2.04. The Morgan fingerprint density at radius 1 is 1.20 bits per heavy atom. The van der Waals surface area contributed by atoms with Crippen LogP contribution >= 0.6 is 11.3 Å². The van der Waals surface area contributed by atoms with Crippen LogP contribution < -0.4 is 5.32 Å². The number of amides is 2. The van der Waals surface area contributed by atoms with Crippen LogP contribution in [0.5, 0.6) is 0 Å². The number of morpholine rings is 1. The van der Waals surface area contributed by atoms with Crippen molar-refractivity contribution in [1.82, 2.24) is 14.8 Å². The molecule has 1 aliphatic rings. The fourth-order valence-corrected chi connectivity index (χ4v) is 3.94. The molecule has 0 atom stereocenters. The summed E-state index contributed by atoms with van der Waals surface area (Å²) in [6.45, 7) is 8.37. The van der Waals surface area contributed by atoms with Gasteiger partial charge in [0, 0.05) is 43.9 Å². The molecule has 0 saturated carbocycles. The van der Waals surface area contributed by atoms with Crippen LogP contribution in [0.25, 0.3) is 0 Å². The zero-order chi connectivity index (χ0) is 21.9. The zero-order valence-corrected chi connectivity index (χ0v) is 18.9. The monoisotopic (exact) mass is 440 g/mol. The number of anilines is 1. The number of rotatable bonds is 11. The van der Waals surface area contributed by atoms with E-state index in [1.807, 2.05) is 13.8 Å². The zero-order valence-electron chi connectivity index (χ0n) is 18.1. The van der Waals surface area contributed by atoms with E-state index >= 15 is 0 Å². The summed E-state index contributed by atoms with van der Waals surface area (Å²) in [5, 5.41) is 3.33. The first-order valence-electron chi connectivity index (χ1n) is 10.3. The van der Waals surface area contributed by atoms with Crippen molar-refractivity contribution < 1.29 is 23.9 Å². The van der Waals surface area contributed by atoms with Gasteiger partial charge in [-0.3, -0.25) is 19.3 Å². The van der Waals surface area contributed by atoms with E-state index in [0.29, 0.717) is 18.1 Å². The highest BCUT2D eigenvalue weighted by Gasteiger charge is 2.19. The minimum Gasteiger partial charge on any atom is -0.469 e. The number of hydrogen-bond acceptors (Lipinski definition) is 8. The second-order valence-electron chi connectivity index (χ2n) is 7.26. The smallest absolute Gasteiger partial charge is 0.305 e. The molecule has 0 spiro atoms. The maximum atomic E-state index is 12.7. The fourth-order valence-electron chi connectivity index (χ4n) is 3.10. The third-order valence-corrected chi connectivity index (χ3v) is 5.96. The van der Waals surface area contributed by atoms with E-state index in [0.717, 1.165) is 49.8 Å². The summed E-state index contributed by atoms with van der Waals surface area (Å²) in [5.74, 6) is -0.743. The molecule has 1 aromatic heterocycles. The van der Waals surface area contributed by atoms with Gasteiger partial charge < -0.3 is 19.7 Å². The Kier molecular flexibility index (Phi) is 10.2. The van der Waals surface area contributed by atoms with Crippen LogP contribution in [0.15, 0.2) is 0 Å². The molecule has 0 radical (unpaired) electrons. The summed E-state index contributed by atoms with van der Waals surface area (Å²) in [5.41, 5.74) is 0.886. The van der Waals surface area contributed by atoms with Crippen molar-refractivity contribution in [2.75, 3.05) is 58.4 Å². The minimum absolute atomic E-state index is 0.0299. The SMILES string of the molecule is COC(=O)CCCC(=O)N(CCCN1CCOCC1)CC(=O)Nc1nc(C)c(C)s1. The molecule has 1 aromatic rings. The van der Waals surface area contributed by atoms with Crippen molar-refractivity contribution >= 4 is 34.3 Å². The molecule has 0 bridgehead atoms. The van der Waals surface area contributed by atoms with Crippen molar-refractivity contribution in [3.63, 3.8) is 0 Å². The van der Waals surface area contributed by atoms with Crippen LogP contribution in [-0.4, -0.2) is 85.6 Å². The van der Waals surface area contributed by atoms with E-state index in [1.54, 1.807) is 4.90 Å². The maximum absolute atomic E-state index is 12.7. The Labute approximate surface area is 181 Å². The molecule has 2 heterocycles. The van der Waals surface area contributed by atoms with Crippen molar-refractivity contribution in [3.05, 3.63) is 10.6 Å². The third-order valence-electron chi connectivity index (χ3n) is 4.97. The Bertz CT molecular complexity index is 699. The molecule has 9 nitrogen and oxygen atoms in total. The average molecular weight is 441 g/mol. The van der Waals surface area contributed by atoms with Crippen LogP contribution in [0.2, 0.25) is 0 Å². The van der Waals surface area contributed by atoms with Gasteiger partial charge in [-0.2, -0.15) is 0 Å². The Balaban J connectivity index is 1.87. The highest BCUT2D eigenvalue weighted by molar-refractivity contribution is 7.15. The van der Waals surface area contributed by atoms with Crippen LogP contribution in [0.1, 0.15) is 36.3 Å². The first-order valence-corrected chi connectivity index (χ1v) is 11.1. The minimum atomic E-state index is -0.339. The van der Waals surface area contributed by atoms with E-state index in [1.165, 1.54) is 18.4 Å². The van der Waals surface area contributed by atoms with Gasteiger partial charge in [0.05, 0.1) is 32.6 Å². The summed E-state index contributed by atoms with van der Waals surface area (Å²) in [6, 6.07) is 0. The number of aromatic nitrogens is 1. The highest BCUT2D eigenvalue weighted by atomic mass is 32.1. The van der Waals surface area contributed by atoms with Gasteiger partial charge in [-0.1, -0.05) is 0 Å². The molecule has 1 aliphatic heterocycles. The number of ether oxygens (including phenoxy) is 2. The number of nitrogens with one attached hydrogen (secondary N) is 1. The molecule has 30 heavy (non-hydrogen) atoms. The summed E-state index contributed by atoms with van der Waals surface area (Å²) >= 11 is 1.42. The van der Waals surface area contributed by atoms with Crippen molar-refractivity contribution in [3.8, 4) is 0 Å². The predicted octanol–water partition coefficient (Wildman–Crippen LogP) is 1.59. The number of nitrogens with zero attached hydrogens (tertiary/aromatic N) is 3. The molecule has 0 unspecified atom stereocenters. The lowest BCUT2D eigenvalue weighted by Crippen LogP contribution is -2.41. The number of carbonyl (C=O) groups excluding carboxylic acids is 3. The normalized spacial score (nSPS) is 14.4. The van der Waals surface area contributed by atoms with Gasteiger partial charge in [-0.25, -0.2) is 4.98 Å². The topological polar surface area (TPSA) is 101 Å². The fraction of sp³-hybridized carbons (Fsp3) is 0.700. The molecule has 1 N–H and O–H groups in total. The average Bonchev–Trinajstić information content (AvgIpc) is 3.04. The van der Waals surface area contributed by atoms with Crippen molar-refractivity contribution in [2.45, 2.75) is 39.5 Å². The number of aryl methyl sites for hydroxylation is 2. The van der Waals surface area contributed by atoms with Gasteiger partial charge >= 0.3 is 5.97 Å². The van der Waals surface area contributed by atoms with Gasteiger partial charge in [-0.05, 0) is 26.7 Å². The summed E-state index contributed by atoms with van der Waals surface area (Å²) in [6.07, 6.45) is 1.56. The van der Waals surface area contributed by atoms with Gasteiger partial charge in [0.25, 0.3) is 0 Å². The first kappa shape index (κ1) is 24.2. The molecule has 2 rings (SSSR count). The highest BCUT2D eigenvalue weighted by Crippen LogP contribution is 2.21. The molecule has 1 fully saturated rings. The van der Waals surface area contributed by atoms with Crippen molar-refractivity contribution in [1.29, 1.82) is 0 Å². The van der Waals surface area contributed by atoms with Gasteiger partial charge in [0.15, 0.2) is 5.13 Å². The van der Waals surface area contributed by atoms with Gasteiger partial charge in [0.2, 0.25) is 11.8 Å². The Morgan fingerprint density at radius 2 is 1.93 bits per heavy atom. The van der Waals surface area contributed by atoms with Crippen LogP contribution in [0.3, 0.4) is 0 Å². The molecule has 1 saturated heterocycles. The molecule has 0 aliphatic carbocycles. The van der Waals surface area contributed by atoms with E-state index in [9.17, 15) is 14.4 Å². The molecule has 2 amide bonds. The number of esters is 1. The van der Waals surface area contributed by atoms with Crippen LogP contribution in [0.4, 0.5) is 5.13 Å². The van der Waals surface area contributed by atoms with E-state index in [-0.39, 0.29) is 37.2 Å². The van der Waals surface area contributed by atoms with E-state index < -0.39 is 0 Å². The van der Waals surface area contributed by atoms with E-state index in [4.69, 9.17) is 4.74 Å². The lowest BCUT2D eigenvalue weighted by Gasteiger charge is -2.28. The predicted molar refractivity (Wildman–Crippen MR) is 115 cm³/mol. The first-order chi connectivity index (χ1) is 14.4. The molecule has 0 aromatic carbocycles. The quantitative estimate of drug-likeness (QED) is 0.522.